The smallest absolute Gasteiger partial charge is 0.224 e. The second kappa shape index (κ2) is 8.59. The molecule has 0 atom stereocenters. The molecule has 0 bridgehead atoms. The maximum absolute atomic E-state index is 12.1. The molecule has 9 heteroatoms. The molecule has 2 heterocycles. The molecule has 0 aliphatic carbocycles. The SMILES string of the molecule is Cc1noc(C)c1CCC(=O)Nc1ccc(-c2n[nH]c(CN)n2)cc1.Cl. The van der Waals surface area contributed by atoms with E-state index in [0.29, 0.717) is 31.0 Å². The number of aromatic nitrogens is 4. The fourth-order valence-electron chi connectivity index (χ4n) is 2.54. The number of hydrogen-bond donors (Lipinski definition) is 3. The van der Waals surface area contributed by atoms with Gasteiger partial charge in [-0.15, -0.1) is 12.4 Å². The lowest BCUT2D eigenvalue weighted by molar-refractivity contribution is -0.116. The molecule has 0 aliphatic rings. The van der Waals surface area contributed by atoms with Gasteiger partial charge in [0, 0.05) is 23.2 Å². The molecule has 3 rings (SSSR count). The van der Waals surface area contributed by atoms with Crippen LogP contribution in [0, 0.1) is 13.8 Å². The summed E-state index contributed by atoms with van der Waals surface area (Å²) < 4.78 is 5.11. The van der Waals surface area contributed by atoms with Gasteiger partial charge >= 0.3 is 0 Å². The van der Waals surface area contributed by atoms with E-state index in [0.717, 1.165) is 28.3 Å². The Bertz CT molecular complexity index is 852. The molecule has 0 unspecified atom stereocenters. The van der Waals surface area contributed by atoms with Crippen molar-refractivity contribution >= 4 is 24.0 Å². The molecule has 4 N–H and O–H groups in total. The minimum absolute atomic E-state index is 0. The standard InChI is InChI=1S/C17H20N6O2.ClH/c1-10-14(11(2)25-23-10)7-8-16(24)19-13-5-3-12(4-6-13)17-20-15(9-18)21-22-17;/h3-6H,7-9,18H2,1-2H3,(H,19,24)(H,20,21,22);1H. The average Bonchev–Trinajstić information content (AvgIpc) is 3.21. The number of aromatic amines is 1. The van der Waals surface area contributed by atoms with Crippen molar-refractivity contribution in [3.8, 4) is 11.4 Å². The van der Waals surface area contributed by atoms with Gasteiger partial charge in [0.25, 0.3) is 0 Å². The summed E-state index contributed by atoms with van der Waals surface area (Å²) in [6.45, 7) is 4.04. The van der Waals surface area contributed by atoms with Gasteiger partial charge in [-0.05, 0) is 44.5 Å². The minimum Gasteiger partial charge on any atom is -0.361 e. The average molecular weight is 377 g/mol. The summed E-state index contributed by atoms with van der Waals surface area (Å²) >= 11 is 0. The highest BCUT2D eigenvalue weighted by Crippen LogP contribution is 2.19. The first-order valence-electron chi connectivity index (χ1n) is 8.00. The van der Waals surface area contributed by atoms with Crippen LogP contribution in [-0.2, 0) is 17.8 Å². The van der Waals surface area contributed by atoms with Gasteiger partial charge in [0.2, 0.25) is 5.91 Å². The van der Waals surface area contributed by atoms with Crippen molar-refractivity contribution in [2.75, 3.05) is 5.32 Å². The second-order valence-electron chi connectivity index (χ2n) is 5.74. The van der Waals surface area contributed by atoms with E-state index in [9.17, 15) is 4.79 Å². The van der Waals surface area contributed by atoms with E-state index < -0.39 is 0 Å². The minimum atomic E-state index is -0.0592. The fraction of sp³-hybridized carbons (Fsp3) is 0.294. The number of H-pyrrole nitrogens is 1. The lowest BCUT2D eigenvalue weighted by Crippen LogP contribution is -2.12. The van der Waals surface area contributed by atoms with E-state index in [4.69, 9.17) is 10.3 Å². The summed E-state index contributed by atoms with van der Waals surface area (Å²) in [5, 5.41) is 13.7. The fourth-order valence-corrected chi connectivity index (χ4v) is 2.54. The molecule has 26 heavy (non-hydrogen) atoms. The molecule has 138 valence electrons. The van der Waals surface area contributed by atoms with Crippen LogP contribution in [0.2, 0.25) is 0 Å². The molecule has 8 nitrogen and oxygen atoms in total. The Balaban J connectivity index is 0.00000243. The van der Waals surface area contributed by atoms with Crippen LogP contribution in [0.3, 0.4) is 0 Å². The van der Waals surface area contributed by atoms with Gasteiger partial charge in [-0.3, -0.25) is 9.89 Å². The first-order chi connectivity index (χ1) is 12.1. The number of carbonyl (C=O) groups excluding carboxylic acids is 1. The van der Waals surface area contributed by atoms with Gasteiger partial charge in [0.05, 0.1) is 12.2 Å². The Hall–Kier alpha value is -2.71. The third-order valence-corrected chi connectivity index (χ3v) is 3.94. The quantitative estimate of drug-likeness (QED) is 0.607. The van der Waals surface area contributed by atoms with E-state index >= 15 is 0 Å². The summed E-state index contributed by atoms with van der Waals surface area (Å²) in [6.07, 6.45) is 0.968. The van der Waals surface area contributed by atoms with Crippen molar-refractivity contribution in [2.45, 2.75) is 33.2 Å². The summed E-state index contributed by atoms with van der Waals surface area (Å²) in [5.74, 6) is 1.91. The van der Waals surface area contributed by atoms with Crippen LogP contribution in [-0.4, -0.2) is 26.2 Å². The second-order valence-corrected chi connectivity index (χ2v) is 5.74. The Kier molecular flexibility index (Phi) is 6.48. The number of benzene rings is 1. The van der Waals surface area contributed by atoms with E-state index in [1.807, 2.05) is 38.1 Å². The molecular weight excluding hydrogens is 356 g/mol. The first-order valence-corrected chi connectivity index (χ1v) is 8.00. The van der Waals surface area contributed by atoms with Crippen LogP contribution in [0.1, 0.15) is 29.3 Å². The van der Waals surface area contributed by atoms with Crippen LogP contribution in [0.25, 0.3) is 11.4 Å². The number of aryl methyl sites for hydroxylation is 2. The van der Waals surface area contributed by atoms with Crippen LogP contribution in [0.15, 0.2) is 28.8 Å². The zero-order valence-electron chi connectivity index (χ0n) is 14.6. The lowest BCUT2D eigenvalue weighted by Gasteiger charge is -2.06. The molecule has 0 saturated carbocycles. The summed E-state index contributed by atoms with van der Waals surface area (Å²) in [7, 11) is 0. The maximum atomic E-state index is 12.1. The van der Waals surface area contributed by atoms with Gasteiger partial charge in [0.1, 0.15) is 11.6 Å². The number of anilines is 1. The van der Waals surface area contributed by atoms with Crippen LogP contribution in [0.4, 0.5) is 5.69 Å². The molecule has 0 spiro atoms. The van der Waals surface area contributed by atoms with Crippen LogP contribution in [0.5, 0.6) is 0 Å². The topological polar surface area (TPSA) is 123 Å². The monoisotopic (exact) mass is 376 g/mol. The molecule has 2 aromatic heterocycles. The number of hydrogen-bond acceptors (Lipinski definition) is 6. The molecule has 1 amide bonds. The van der Waals surface area contributed by atoms with E-state index in [2.05, 4.69) is 25.7 Å². The third-order valence-electron chi connectivity index (χ3n) is 3.94. The highest BCUT2D eigenvalue weighted by atomic mass is 35.5. The highest BCUT2D eigenvalue weighted by Gasteiger charge is 2.11. The van der Waals surface area contributed by atoms with Crippen LogP contribution < -0.4 is 11.1 Å². The van der Waals surface area contributed by atoms with Gasteiger partial charge < -0.3 is 15.6 Å². The van der Waals surface area contributed by atoms with E-state index in [-0.39, 0.29) is 18.3 Å². The van der Waals surface area contributed by atoms with Crippen molar-refractivity contribution in [1.29, 1.82) is 0 Å². The van der Waals surface area contributed by atoms with E-state index in [1.54, 1.807) is 0 Å². The largest absolute Gasteiger partial charge is 0.361 e. The first kappa shape index (κ1) is 19.6. The van der Waals surface area contributed by atoms with Crippen molar-refractivity contribution in [1.82, 2.24) is 20.3 Å². The molecule has 0 fully saturated rings. The van der Waals surface area contributed by atoms with Crippen molar-refractivity contribution in [3.05, 3.63) is 47.1 Å². The van der Waals surface area contributed by atoms with Gasteiger partial charge in [0.15, 0.2) is 5.82 Å². The number of amides is 1. The Morgan fingerprint density at radius 3 is 2.58 bits per heavy atom. The normalized spacial score (nSPS) is 10.4. The number of rotatable bonds is 6. The Morgan fingerprint density at radius 1 is 1.27 bits per heavy atom. The molecule has 0 aliphatic heterocycles. The van der Waals surface area contributed by atoms with E-state index in [1.165, 1.54) is 0 Å². The maximum Gasteiger partial charge on any atom is 0.224 e. The summed E-state index contributed by atoms with van der Waals surface area (Å²) in [5.41, 5.74) is 8.91. The summed E-state index contributed by atoms with van der Waals surface area (Å²) in [4.78, 5) is 16.4. The predicted molar refractivity (Wildman–Crippen MR) is 99.9 cm³/mol. The van der Waals surface area contributed by atoms with Gasteiger partial charge in [-0.1, -0.05) is 5.16 Å². The molecule has 0 saturated heterocycles. The summed E-state index contributed by atoms with van der Waals surface area (Å²) in [6, 6.07) is 7.35. The molecular formula is C17H21ClN6O2. The zero-order chi connectivity index (χ0) is 17.8. The Morgan fingerprint density at radius 2 is 2.00 bits per heavy atom. The molecule has 0 radical (unpaired) electrons. The predicted octanol–water partition coefficient (Wildman–Crippen LogP) is 2.53. The van der Waals surface area contributed by atoms with Crippen molar-refractivity contribution in [2.24, 2.45) is 5.73 Å². The highest BCUT2D eigenvalue weighted by molar-refractivity contribution is 5.91. The zero-order valence-corrected chi connectivity index (χ0v) is 15.4. The van der Waals surface area contributed by atoms with Gasteiger partial charge in [-0.25, -0.2) is 4.98 Å². The number of halogens is 1. The van der Waals surface area contributed by atoms with Crippen LogP contribution >= 0.6 is 12.4 Å². The van der Waals surface area contributed by atoms with Crippen molar-refractivity contribution < 1.29 is 9.32 Å². The van der Waals surface area contributed by atoms with Gasteiger partial charge in [-0.2, -0.15) is 5.10 Å². The number of carbonyl (C=O) groups is 1. The number of nitrogens with zero attached hydrogens (tertiary/aromatic N) is 3. The lowest BCUT2D eigenvalue weighted by atomic mass is 10.1. The Labute approximate surface area is 157 Å². The third kappa shape index (κ3) is 4.47. The van der Waals surface area contributed by atoms with Crippen molar-refractivity contribution in [3.63, 3.8) is 0 Å². The number of nitrogens with two attached hydrogens (primary N) is 1. The number of nitrogens with one attached hydrogen (secondary N) is 2. The molecule has 1 aromatic carbocycles. The molecule has 3 aromatic rings.